The summed E-state index contributed by atoms with van der Waals surface area (Å²) < 4.78 is 11.4. The summed E-state index contributed by atoms with van der Waals surface area (Å²) in [6.07, 6.45) is 5.40. The lowest BCUT2D eigenvalue weighted by Gasteiger charge is -2.29. The second kappa shape index (κ2) is 12.5. The van der Waals surface area contributed by atoms with Crippen LogP contribution in [0.3, 0.4) is 0 Å². The molecule has 6 nitrogen and oxygen atoms in total. The van der Waals surface area contributed by atoms with E-state index in [0.29, 0.717) is 6.54 Å². The standard InChI is InChI=1S/C22H36N4O2.HI/c1-18(28-21-10-6-5-9-20(21)27-3)15-24-22(23-2)26-14-11-19(17-26)16-25-12-7-4-8-13-25;/h5-6,9-10,18-19H,4,7-8,11-17H2,1-3H3,(H,23,24);1H. The summed E-state index contributed by atoms with van der Waals surface area (Å²) in [5.74, 6) is 3.27. The number of hydrogen-bond acceptors (Lipinski definition) is 4. The maximum atomic E-state index is 6.05. The molecule has 0 bridgehead atoms. The second-order valence-corrected chi connectivity index (χ2v) is 7.97. The fourth-order valence-electron chi connectivity index (χ4n) is 4.22. The SMILES string of the molecule is CN=C(NCC(C)Oc1ccccc1OC)N1CCC(CN2CCCCC2)C1.I. The summed E-state index contributed by atoms with van der Waals surface area (Å²) in [4.78, 5) is 9.54. The van der Waals surface area contributed by atoms with Crippen LogP contribution in [0.1, 0.15) is 32.6 Å². The van der Waals surface area contributed by atoms with Gasteiger partial charge in [0.1, 0.15) is 6.10 Å². The molecular formula is C22H37IN4O2. The number of aliphatic imine (C=N–C) groups is 1. The van der Waals surface area contributed by atoms with E-state index >= 15 is 0 Å². The minimum absolute atomic E-state index is 0. The monoisotopic (exact) mass is 516 g/mol. The normalized spacial score (nSPS) is 21.4. The molecule has 2 heterocycles. The first-order chi connectivity index (χ1) is 13.7. The molecule has 1 aromatic rings. The van der Waals surface area contributed by atoms with Crippen molar-refractivity contribution in [1.29, 1.82) is 0 Å². The van der Waals surface area contributed by atoms with Gasteiger partial charge in [-0.1, -0.05) is 18.6 Å². The molecule has 0 spiro atoms. The summed E-state index contributed by atoms with van der Waals surface area (Å²) in [7, 11) is 3.53. The van der Waals surface area contributed by atoms with Gasteiger partial charge in [0.25, 0.3) is 0 Å². The summed E-state index contributed by atoms with van der Waals surface area (Å²) in [6, 6.07) is 7.77. The predicted octanol–water partition coefficient (Wildman–Crippen LogP) is 3.46. The molecule has 0 radical (unpaired) electrons. The average molecular weight is 516 g/mol. The van der Waals surface area contributed by atoms with E-state index in [9.17, 15) is 0 Å². The molecule has 2 aliphatic heterocycles. The Balaban J connectivity index is 0.00000300. The Labute approximate surface area is 193 Å². The molecule has 2 fully saturated rings. The van der Waals surface area contributed by atoms with Gasteiger partial charge in [0.2, 0.25) is 0 Å². The van der Waals surface area contributed by atoms with E-state index < -0.39 is 0 Å². The van der Waals surface area contributed by atoms with E-state index in [1.165, 1.54) is 45.3 Å². The minimum atomic E-state index is 0. The average Bonchev–Trinajstić information content (AvgIpc) is 3.18. The molecule has 0 saturated carbocycles. The lowest BCUT2D eigenvalue weighted by Crippen LogP contribution is -2.44. The Kier molecular flexibility index (Phi) is 10.3. The summed E-state index contributed by atoms with van der Waals surface area (Å²) >= 11 is 0. The third-order valence-corrected chi connectivity index (χ3v) is 5.71. The van der Waals surface area contributed by atoms with Crippen molar-refractivity contribution in [3.63, 3.8) is 0 Å². The fraction of sp³-hybridized carbons (Fsp3) is 0.682. The van der Waals surface area contributed by atoms with Crippen LogP contribution in [0.15, 0.2) is 29.3 Å². The van der Waals surface area contributed by atoms with E-state index in [1.807, 2.05) is 31.3 Å². The second-order valence-electron chi connectivity index (χ2n) is 7.97. The quantitative estimate of drug-likeness (QED) is 0.342. The van der Waals surface area contributed by atoms with Gasteiger partial charge >= 0.3 is 0 Å². The number of methoxy groups -OCH3 is 1. The number of piperidine rings is 1. The molecule has 0 amide bonds. The lowest BCUT2D eigenvalue weighted by molar-refractivity contribution is 0.197. The van der Waals surface area contributed by atoms with Crippen molar-refractivity contribution in [2.45, 2.75) is 38.7 Å². The Bertz CT molecular complexity index is 637. The van der Waals surface area contributed by atoms with Gasteiger partial charge in [-0.05, 0) is 57.3 Å². The van der Waals surface area contributed by atoms with Crippen LogP contribution in [0.4, 0.5) is 0 Å². The smallest absolute Gasteiger partial charge is 0.193 e. The Morgan fingerprint density at radius 1 is 1.17 bits per heavy atom. The zero-order valence-electron chi connectivity index (χ0n) is 18.1. The maximum Gasteiger partial charge on any atom is 0.193 e. The number of nitrogens with zero attached hydrogens (tertiary/aromatic N) is 3. The summed E-state index contributed by atoms with van der Waals surface area (Å²) in [5.41, 5.74) is 0. The number of ether oxygens (including phenoxy) is 2. The highest BCUT2D eigenvalue weighted by Crippen LogP contribution is 2.26. The van der Waals surface area contributed by atoms with Gasteiger partial charge in [-0.2, -0.15) is 0 Å². The first-order valence-electron chi connectivity index (χ1n) is 10.7. The Morgan fingerprint density at radius 2 is 1.90 bits per heavy atom. The molecular weight excluding hydrogens is 479 g/mol. The number of guanidine groups is 1. The van der Waals surface area contributed by atoms with Gasteiger partial charge in [-0.15, -0.1) is 24.0 Å². The van der Waals surface area contributed by atoms with Crippen molar-refractivity contribution in [3.8, 4) is 11.5 Å². The van der Waals surface area contributed by atoms with Crippen LogP contribution < -0.4 is 14.8 Å². The number of para-hydroxylation sites is 2. The number of hydrogen-bond donors (Lipinski definition) is 1. The number of benzene rings is 1. The van der Waals surface area contributed by atoms with Crippen molar-refractivity contribution in [2.75, 3.05) is 53.4 Å². The van der Waals surface area contributed by atoms with Crippen molar-refractivity contribution in [2.24, 2.45) is 10.9 Å². The lowest BCUT2D eigenvalue weighted by atomic mass is 10.1. The van der Waals surface area contributed by atoms with Crippen LogP contribution in [0.25, 0.3) is 0 Å². The van der Waals surface area contributed by atoms with E-state index in [-0.39, 0.29) is 30.1 Å². The molecule has 7 heteroatoms. The Morgan fingerprint density at radius 3 is 2.59 bits per heavy atom. The third kappa shape index (κ3) is 7.20. The molecule has 29 heavy (non-hydrogen) atoms. The predicted molar refractivity (Wildman–Crippen MR) is 130 cm³/mol. The first-order valence-corrected chi connectivity index (χ1v) is 10.7. The van der Waals surface area contributed by atoms with Gasteiger partial charge in [0.05, 0.1) is 13.7 Å². The van der Waals surface area contributed by atoms with Gasteiger partial charge in [0, 0.05) is 26.7 Å². The minimum Gasteiger partial charge on any atom is -0.493 e. The first kappa shape index (κ1) is 24.1. The summed E-state index contributed by atoms with van der Waals surface area (Å²) in [5, 5.41) is 3.49. The number of halogens is 1. The zero-order valence-corrected chi connectivity index (χ0v) is 20.4. The maximum absolute atomic E-state index is 6.05. The Hall–Kier alpha value is -1.22. The summed E-state index contributed by atoms with van der Waals surface area (Å²) in [6.45, 7) is 8.75. The number of nitrogens with one attached hydrogen (secondary N) is 1. The number of rotatable bonds is 7. The topological polar surface area (TPSA) is 49.3 Å². The van der Waals surface area contributed by atoms with Gasteiger partial charge in [0.15, 0.2) is 17.5 Å². The van der Waals surface area contributed by atoms with Crippen molar-refractivity contribution in [3.05, 3.63) is 24.3 Å². The van der Waals surface area contributed by atoms with Gasteiger partial charge in [-0.25, -0.2) is 0 Å². The molecule has 2 atom stereocenters. The molecule has 0 aliphatic carbocycles. The molecule has 2 aliphatic rings. The van der Waals surface area contributed by atoms with E-state index in [2.05, 4.69) is 27.0 Å². The highest BCUT2D eigenvalue weighted by Gasteiger charge is 2.27. The van der Waals surface area contributed by atoms with E-state index in [4.69, 9.17) is 9.47 Å². The molecule has 1 aromatic carbocycles. The van der Waals surface area contributed by atoms with Crippen LogP contribution in [-0.4, -0.2) is 75.3 Å². The van der Waals surface area contributed by atoms with E-state index in [1.54, 1.807) is 7.11 Å². The van der Waals surface area contributed by atoms with E-state index in [0.717, 1.165) is 36.5 Å². The van der Waals surface area contributed by atoms with Crippen LogP contribution in [0, 0.1) is 5.92 Å². The number of likely N-dealkylation sites (tertiary alicyclic amines) is 2. The largest absolute Gasteiger partial charge is 0.493 e. The van der Waals surface area contributed by atoms with Crippen molar-refractivity contribution < 1.29 is 9.47 Å². The molecule has 0 aromatic heterocycles. The molecule has 1 N–H and O–H groups in total. The molecule has 3 rings (SSSR count). The van der Waals surface area contributed by atoms with Gasteiger partial charge in [-0.3, -0.25) is 4.99 Å². The van der Waals surface area contributed by atoms with Crippen LogP contribution in [-0.2, 0) is 0 Å². The van der Waals surface area contributed by atoms with Crippen LogP contribution >= 0.6 is 24.0 Å². The molecule has 2 unspecified atom stereocenters. The highest BCUT2D eigenvalue weighted by atomic mass is 127. The third-order valence-electron chi connectivity index (χ3n) is 5.71. The van der Waals surface area contributed by atoms with Crippen molar-refractivity contribution in [1.82, 2.24) is 15.1 Å². The molecule has 164 valence electrons. The fourth-order valence-corrected chi connectivity index (χ4v) is 4.22. The molecule has 2 saturated heterocycles. The highest BCUT2D eigenvalue weighted by molar-refractivity contribution is 14.0. The van der Waals surface area contributed by atoms with Gasteiger partial charge < -0.3 is 24.6 Å². The van der Waals surface area contributed by atoms with Crippen LogP contribution in [0.2, 0.25) is 0 Å². The zero-order chi connectivity index (χ0) is 19.8. The van der Waals surface area contributed by atoms with Crippen molar-refractivity contribution >= 4 is 29.9 Å². The van der Waals surface area contributed by atoms with Crippen LogP contribution in [0.5, 0.6) is 11.5 Å².